The first-order valence-corrected chi connectivity index (χ1v) is 16.3. The number of nitrogens with one attached hydrogen (secondary N) is 1. The van der Waals surface area contributed by atoms with Crippen molar-refractivity contribution in [1.29, 1.82) is 0 Å². The molecule has 6 rings (SSSR count). The standard InChI is InChI=1S/C29H23FN4O7S3/c1-41-19-10-2-15(3-11-19)22-23-24(27(37)34(26(23)36)18-8-4-16(30)5-9-18)42-28-25(22)43-29(38)33(28)14-21(35)32-17-6-12-20(13-7-17)44(31,39)40/h2-13,22-24H,14H2,1H3,(H,32,35)(H2,31,39,40)/t22-,23?,24?/m1/s1. The van der Waals surface area contributed by atoms with Crippen molar-refractivity contribution in [3.05, 3.63) is 98.7 Å². The summed E-state index contributed by atoms with van der Waals surface area (Å²) in [6, 6.07) is 17.3. The van der Waals surface area contributed by atoms with Crippen LogP contribution in [0.25, 0.3) is 0 Å². The summed E-state index contributed by atoms with van der Waals surface area (Å²) in [4.78, 5) is 55.0. The van der Waals surface area contributed by atoms with Gasteiger partial charge in [0.25, 0.3) is 0 Å². The van der Waals surface area contributed by atoms with E-state index >= 15 is 0 Å². The predicted octanol–water partition coefficient (Wildman–Crippen LogP) is 3.14. The van der Waals surface area contributed by atoms with Crippen LogP contribution < -0.4 is 25.0 Å². The van der Waals surface area contributed by atoms with Crippen LogP contribution in [0.5, 0.6) is 5.75 Å². The van der Waals surface area contributed by atoms with E-state index in [1.165, 1.54) is 60.2 Å². The van der Waals surface area contributed by atoms with Crippen LogP contribution in [0.4, 0.5) is 15.8 Å². The van der Waals surface area contributed by atoms with Crippen molar-refractivity contribution in [1.82, 2.24) is 4.57 Å². The van der Waals surface area contributed by atoms with E-state index in [1.54, 1.807) is 24.3 Å². The number of thioether (sulfide) groups is 1. The first-order valence-electron chi connectivity index (χ1n) is 13.1. The van der Waals surface area contributed by atoms with Crippen LogP contribution in [0, 0.1) is 11.7 Å². The number of methoxy groups -OCH3 is 1. The maximum Gasteiger partial charge on any atom is 0.308 e. The summed E-state index contributed by atoms with van der Waals surface area (Å²) in [7, 11) is -2.40. The first kappa shape index (κ1) is 29.7. The number of amides is 3. The molecule has 11 nitrogen and oxygen atoms in total. The van der Waals surface area contributed by atoms with Gasteiger partial charge in [0, 0.05) is 16.5 Å². The molecule has 44 heavy (non-hydrogen) atoms. The van der Waals surface area contributed by atoms with E-state index in [4.69, 9.17) is 9.88 Å². The van der Waals surface area contributed by atoms with Gasteiger partial charge in [0.2, 0.25) is 27.7 Å². The molecule has 3 aromatic carbocycles. The van der Waals surface area contributed by atoms with E-state index in [1.807, 2.05) is 0 Å². The van der Waals surface area contributed by atoms with Crippen molar-refractivity contribution >= 4 is 62.2 Å². The molecule has 3 heterocycles. The van der Waals surface area contributed by atoms with E-state index < -0.39 is 62.1 Å². The van der Waals surface area contributed by atoms with Crippen LogP contribution in [-0.4, -0.2) is 43.1 Å². The van der Waals surface area contributed by atoms with Gasteiger partial charge >= 0.3 is 4.87 Å². The van der Waals surface area contributed by atoms with E-state index in [-0.39, 0.29) is 16.3 Å². The number of hydrogen-bond acceptors (Lipinski definition) is 9. The average Bonchev–Trinajstić information content (AvgIpc) is 3.43. The number of primary sulfonamides is 1. The fraction of sp³-hybridized carbons (Fsp3) is 0.172. The Kier molecular flexibility index (Phi) is 7.65. The number of halogens is 1. The second kappa shape index (κ2) is 11.3. The molecule has 15 heteroatoms. The fourth-order valence-electron chi connectivity index (χ4n) is 5.34. The number of rotatable bonds is 7. The molecular weight excluding hydrogens is 632 g/mol. The zero-order chi connectivity index (χ0) is 31.3. The Balaban J connectivity index is 1.37. The summed E-state index contributed by atoms with van der Waals surface area (Å²) in [5, 5.41) is 7.23. The molecule has 1 fully saturated rings. The van der Waals surface area contributed by atoms with Gasteiger partial charge in [-0.3, -0.25) is 23.7 Å². The van der Waals surface area contributed by atoms with Crippen molar-refractivity contribution in [2.75, 3.05) is 17.3 Å². The average molecular weight is 655 g/mol. The first-order chi connectivity index (χ1) is 21.0. The van der Waals surface area contributed by atoms with Gasteiger partial charge in [0.15, 0.2) is 0 Å². The summed E-state index contributed by atoms with van der Waals surface area (Å²) in [5.74, 6) is -3.03. The number of anilines is 2. The predicted molar refractivity (Wildman–Crippen MR) is 162 cm³/mol. The summed E-state index contributed by atoms with van der Waals surface area (Å²) in [6.07, 6.45) is 0. The highest BCUT2D eigenvalue weighted by atomic mass is 32.2. The zero-order valence-corrected chi connectivity index (χ0v) is 25.2. The monoisotopic (exact) mass is 654 g/mol. The molecule has 226 valence electrons. The number of carbonyl (C=O) groups excluding carboxylic acids is 3. The Labute approximate surface area is 258 Å². The summed E-state index contributed by atoms with van der Waals surface area (Å²) >= 11 is 1.95. The van der Waals surface area contributed by atoms with E-state index in [0.29, 0.717) is 21.2 Å². The second-order valence-corrected chi connectivity index (χ2v) is 13.7. The molecule has 0 radical (unpaired) electrons. The molecule has 3 N–H and O–H groups in total. The molecule has 2 unspecified atom stereocenters. The molecule has 2 aliphatic heterocycles. The smallest absolute Gasteiger partial charge is 0.308 e. The van der Waals surface area contributed by atoms with Gasteiger partial charge in [-0.05, 0) is 66.2 Å². The lowest BCUT2D eigenvalue weighted by molar-refractivity contribution is -0.122. The van der Waals surface area contributed by atoms with E-state index in [0.717, 1.165) is 28.0 Å². The molecular formula is C29H23FN4O7S3. The number of benzene rings is 3. The fourth-order valence-corrected chi connectivity index (χ4v) is 8.63. The van der Waals surface area contributed by atoms with Gasteiger partial charge in [-0.15, -0.1) is 0 Å². The van der Waals surface area contributed by atoms with E-state index in [9.17, 15) is 32.0 Å². The Morgan fingerprint density at radius 2 is 1.64 bits per heavy atom. The van der Waals surface area contributed by atoms with Crippen LogP contribution in [0.3, 0.4) is 0 Å². The number of aromatic nitrogens is 1. The van der Waals surface area contributed by atoms with Crippen LogP contribution in [-0.2, 0) is 31.0 Å². The molecule has 0 saturated carbocycles. The number of nitrogens with zero attached hydrogens (tertiary/aromatic N) is 2. The summed E-state index contributed by atoms with van der Waals surface area (Å²) in [5.41, 5.74) is 1.20. The Bertz CT molecular complexity index is 1960. The normalized spacial score (nSPS) is 19.4. The Hall–Kier alpha value is -4.31. The largest absolute Gasteiger partial charge is 0.497 e. The third kappa shape index (κ3) is 5.32. The van der Waals surface area contributed by atoms with Crippen LogP contribution in [0.2, 0.25) is 0 Å². The number of ether oxygens (including phenoxy) is 1. The molecule has 1 aromatic heterocycles. The lowest BCUT2D eigenvalue weighted by atomic mass is 9.83. The molecule has 0 bridgehead atoms. The number of hydrogen-bond donors (Lipinski definition) is 2. The van der Waals surface area contributed by atoms with Crippen molar-refractivity contribution in [2.24, 2.45) is 11.1 Å². The van der Waals surface area contributed by atoms with Crippen LogP contribution >= 0.6 is 23.1 Å². The van der Waals surface area contributed by atoms with Crippen LogP contribution in [0.15, 0.2) is 87.5 Å². The van der Waals surface area contributed by atoms with Gasteiger partial charge in [-0.25, -0.2) is 22.8 Å². The number of carbonyl (C=O) groups is 3. The van der Waals surface area contributed by atoms with Crippen molar-refractivity contribution < 1.29 is 31.9 Å². The maximum atomic E-state index is 13.9. The minimum atomic E-state index is -3.91. The quantitative estimate of drug-likeness (QED) is 0.288. The maximum absolute atomic E-state index is 13.9. The number of thiazole rings is 1. The van der Waals surface area contributed by atoms with Crippen molar-refractivity contribution in [3.63, 3.8) is 0 Å². The molecule has 0 spiro atoms. The third-order valence-electron chi connectivity index (χ3n) is 7.38. The summed E-state index contributed by atoms with van der Waals surface area (Å²) < 4.78 is 43.2. The summed E-state index contributed by atoms with van der Waals surface area (Å²) in [6.45, 7) is -0.398. The highest BCUT2D eigenvalue weighted by molar-refractivity contribution is 8.00. The van der Waals surface area contributed by atoms with Gasteiger partial charge < -0.3 is 10.1 Å². The van der Waals surface area contributed by atoms with Crippen molar-refractivity contribution in [3.8, 4) is 5.75 Å². The highest BCUT2D eigenvalue weighted by Gasteiger charge is 2.56. The molecule has 1 saturated heterocycles. The number of sulfonamides is 1. The van der Waals surface area contributed by atoms with Crippen molar-refractivity contribution in [2.45, 2.75) is 27.6 Å². The SMILES string of the molecule is COc1ccc([C@H]2c3sc(=O)n(CC(=O)Nc4ccc(S(N)(=O)=O)cc4)c3SC3C(=O)N(c4ccc(F)cc4)C(=O)C32)cc1. The van der Waals surface area contributed by atoms with E-state index in [2.05, 4.69) is 5.32 Å². The molecule has 0 aliphatic carbocycles. The molecule has 3 amide bonds. The lowest BCUT2D eigenvalue weighted by Gasteiger charge is -2.30. The minimum Gasteiger partial charge on any atom is -0.497 e. The zero-order valence-electron chi connectivity index (χ0n) is 22.8. The van der Waals surface area contributed by atoms with Gasteiger partial charge in [-0.1, -0.05) is 35.2 Å². The number of nitrogens with two attached hydrogens (primary N) is 1. The Morgan fingerprint density at radius 3 is 2.25 bits per heavy atom. The highest BCUT2D eigenvalue weighted by Crippen LogP contribution is 2.54. The topological polar surface area (TPSA) is 158 Å². The Morgan fingerprint density at radius 1 is 0.977 bits per heavy atom. The van der Waals surface area contributed by atoms with Gasteiger partial charge in [-0.2, -0.15) is 0 Å². The minimum absolute atomic E-state index is 0.125. The number of imide groups is 1. The van der Waals surface area contributed by atoms with Crippen LogP contribution in [0.1, 0.15) is 16.4 Å². The lowest BCUT2D eigenvalue weighted by Crippen LogP contribution is -2.33. The van der Waals surface area contributed by atoms with Gasteiger partial charge in [0.1, 0.15) is 23.4 Å². The molecule has 4 aromatic rings. The molecule has 2 aliphatic rings. The van der Waals surface area contributed by atoms with Gasteiger partial charge in [0.05, 0.1) is 28.6 Å². The molecule has 3 atom stereocenters. The number of fused-ring (bicyclic) bond motifs is 2. The third-order valence-corrected chi connectivity index (χ3v) is 10.9. The second-order valence-electron chi connectivity index (χ2n) is 10.0.